The van der Waals surface area contributed by atoms with Crippen molar-refractivity contribution in [2.24, 2.45) is 0 Å². The van der Waals surface area contributed by atoms with E-state index in [4.69, 9.17) is 22.1 Å². The van der Waals surface area contributed by atoms with E-state index in [9.17, 15) is 21.6 Å². The zero-order valence-electron chi connectivity index (χ0n) is 11.5. The van der Waals surface area contributed by atoms with Crippen molar-refractivity contribution in [3.8, 4) is 11.5 Å². The summed E-state index contributed by atoms with van der Waals surface area (Å²) in [5, 5.41) is 0.188. The van der Waals surface area contributed by atoms with E-state index in [1.54, 1.807) is 0 Å². The molecule has 2 aromatic rings. The molecule has 0 aromatic heterocycles. The molecule has 0 radical (unpaired) electrons. The normalized spacial score (nSPS) is 12.2. The van der Waals surface area contributed by atoms with Gasteiger partial charge in [-0.2, -0.15) is 13.2 Å². The SMILES string of the molecule is Nc1ccc(Oc2cccc(S(=O)(=O)CC(F)(F)F)c2)c(Cl)c1. The van der Waals surface area contributed by atoms with Crippen LogP contribution in [-0.2, 0) is 9.84 Å². The van der Waals surface area contributed by atoms with Crippen molar-refractivity contribution in [2.45, 2.75) is 11.1 Å². The van der Waals surface area contributed by atoms with Gasteiger partial charge in [0.25, 0.3) is 0 Å². The van der Waals surface area contributed by atoms with Gasteiger partial charge in [0.1, 0.15) is 11.5 Å². The molecule has 0 aliphatic rings. The summed E-state index contributed by atoms with van der Waals surface area (Å²) < 4.78 is 65.9. The summed E-state index contributed by atoms with van der Waals surface area (Å²) in [6.45, 7) is 0. The minimum Gasteiger partial charge on any atom is -0.456 e. The minimum absolute atomic E-state index is 0.0416. The topological polar surface area (TPSA) is 69.4 Å². The summed E-state index contributed by atoms with van der Waals surface area (Å²) in [5.41, 5.74) is 5.94. The zero-order chi connectivity index (χ0) is 17.3. The average molecular weight is 366 g/mol. The molecule has 0 saturated heterocycles. The maximum Gasteiger partial charge on any atom is 0.403 e. The van der Waals surface area contributed by atoms with Gasteiger partial charge in [0.2, 0.25) is 0 Å². The molecule has 4 nitrogen and oxygen atoms in total. The number of benzene rings is 2. The molecular weight excluding hydrogens is 355 g/mol. The van der Waals surface area contributed by atoms with Crippen LogP contribution in [-0.4, -0.2) is 20.3 Å². The third-order valence-corrected chi connectivity index (χ3v) is 4.68. The Labute approximate surface area is 135 Å². The first kappa shape index (κ1) is 17.4. The summed E-state index contributed by atoms with van der Waals surface area (Å²) in [7, 11) is -4.51. The predicted molar refractivity (Wildman–Crippen MR) is 80.5 cm³/mol. The van der Waals surface area contributed by atoms with Crippen LogP contribution in [0.3, 0.4) is 0 Å². The Kier molecular flexibility index (Phi) is 4.76. The summed E-state index contributed by atoms with van der Waals surface area (Å²) in [6.07, 6.45) is -4.82. The first-order valence-corrected chi connectivity index (χ1v) is 8.22. The molecule has 0 amide bonds. The highest BCUT2D eigenvalue weighted by Crippen LogP contribution is 2.32. The fraction of sp³-hybridized carbons (Fsp3) is 0.143. The van der Waals surface area contributed by atoms with E-state index in [-0.39, 0.29) is 16.5 Å². The molecule has 2 N–H and O–H groups in total. The predicted octanol–water partition coefficient (Wildman–Crippen LogP) is 4.05. The van der Waals surface area contributed by atoms with E-state index in [1.165, 1.54) is 30.3 Å². The molecule has 0 saturated carbocycles. The van der Waals surface area contributed by atoms with Gasteiger partial charge in [-0.25, -0.2) is 8.42 Å². The van der Waals surface area contributed by atoms with Crippen molar-refractivity contribution in [1.82, 2.24) is 0 Å². The Morgan fingerprint density at radius 1 is 1.13 bits per heavy atom. The lowest BCUT2D eigenvalue weighted by atomic mass is 10.3. The maximum absolute atomic E-state index is 12.3. The number of anilines is 1. The average Bonchev–Trinajstić information content (AvgIpc) is 2.40. The van der Waals surface area contributed by atoms with Crippen LogP contribution in [0.5, 0.6) is 11.5 Å². The summed E-state index contributed by atoms with van der Waals surface area (Å²) in [6, 6.07) is 9.18. The van der Waals surface area contributed by atoms with Crippen molar-refractivity contribution in [3.63, 3.8) is 0 Å². The van der Waals surface area contributed by atoms with Crippen molar-refractivity contribution < 1.29 is 26.3 Å². The number of alkyl halides is 3. The first-order valence-electron chi connectivity index (χ1n) is 6.19. The number of ether oxygens (including phenoxy) is 1. The highest BCUT2D eigenvalue weighted by Gasteiger charge is 2.36. The smallest absolute Gasteiger partial charge is 0.403 e. The Bertz CT molecular complexity index is 822. The summed E-state index contributed by atoms with van der Waals surface area (Å²) >= 11 is 5.92. The molecule has 0 unspecified atom stereocenters. The van der Waals surface area contributed by atoms with Crippen LogP contribution in [0.15, 0.2) is 47.4 Å². The second-order valence-electron chi connectivity index (χ2n) is 4.64. The molecule has 23 heavy (non-hydrogen) atoms. The fourth-order valence-electron chi connectivity index (χ4n) is 1.76. The van der Waals surface area contributed by atoms with E-state index in [0.29, 0.717) is 5.69 Å². The van der Waals surface area contributed by atoms with E-state index < -0.39 is 26.7 Å². The third-order valence-electron chi connectivity index (χ3n) is 2.70. The maximum atomic E-state index is 12.3. The molecule has 0 heterocycles. The second-order valence-corrected chi connectivity index (χ2v) is 7.04. The van der Waals surface area contributed by atoms with Gasteiger partial charge in [-0.3, -0.25) is 0 Å². The van der Waals surface area contributed by atoms with E-state index in [0.717, 1.165) is 12.1 Å². The monoisotopic (exact) mass is 365 g/mol. The number of rotatable bonds is 4. The van der Waals surface area contributed by atoms with Gasteiger partial charge in [-0.15, -0.1) is 0 Å². The molecule has 0 aliphatic heterocycles. The highest BCUT2D eigenvalue weighted by molar-refractivity contribution is 7.91. The van der Waals surface area contributed by atoms with Crippen LogP contribution >= 0.6 is 11.6 Å². The Hall–Kier alpha value is -1.93. The van der Waals surface area contributed by atoms with Crippen LogP contribution < -0.4 is 10.5 Å². The number of nitrogens with two attached hydrogens (primary N) is 1. The van der Waals surface area contributed by atoms with Crippen molar-refractivity contribution in [2.75, 3.05) is 11.5 Å². The van der Waals surface area contributed by atoms with Gasteiger partial charge in [0.15, 0.2) is 15.6 Å². The highest BCUT2D eigenvalue weighted by atomic mass is 35.5. The molecule has 9 heteroatoms. The van der Waals surface area contributed by atoms with Crippen LogP contribution in [0, 0.1) is 0 Å². The van der Waals surface area contributed by atoms with Crippen LogP contribution in [0.1, 0.15) is 0 Å². The van der Waals surface area contributed by atoms with Gasteiger partial charge in [0, 0.05) is 5.69 Å². The van der Waals surface area contributed by atoms with Gasteiger partial charge in [-0.05, 0) is 36.4 Å². The van der Waals surface area contributed by atoms with Crippen molar-refractivity contribution >= 4 is 27.1 Å². The molecule has 124 valence electrons. The Morgan fingerprint density at radius 3 is 2.43 bits per heavy atom. The number of hydrogen-bond donors (Lipinski definition) is 1. The number of nitrogen functional groups attached to an aromatic ring is 1. The van der Waals surface area contributed by atoms with Crippen molar-refractivity contribution in [1.29, 1.82) is 0 Å². The second kappa shape index (κ2) is 6.29. The number of hydrogen-bond acceptors (Lipinski definition) is 4. The molecule has 0 fully saturated rings. The van der Waals surface area contributed by atoms with Crippen LogP contribution in [0.25, 0.3) is 0 Å². The molecule has 2 rings (SSSR count). The zero-order valence-corrected chi connectivity index (χ0v) is 13.0. The minimum atomic E-state index is -4.82. The van der Waals surface area contributed by atoms with E-state index >= 15 is 0 Å². The van der Waals surface area contributed by atoms with Crippen molar-refractivity contribution in [3.05, 3.63) is 47.5 Å². The summed E-state index contributed by atoms with van der Waals surface area (Å²) in [4.78, 5) is -0.487. The quantitative estimate of drug-likeness (QED) is 0.830. The van der Waals surface area contributed by atoms with Gasteiger partial charge >= 0.3 is 6.18 Å². The standard InChI is InChI=1S/C14H11ClF3NO3S/c15-12-6-9(19)4-5-13(12)22-10-2-1-3-11(7-10)23(20,21)8-14(16,17)18/h1-7H,8,19H2. The third kappa shape index (κ3) is 4.77. The summed E-state index contributed by atoms with van der Waals surface area (Å²) in [5.74, 6) is -1.70. The van der Waals surface area contributed by atoms with E-state index in [1.807, 2.05) is 0 Å². The molecule has 0 aliphatic carbocycles. The first-order chi connectivity index (χ1) is 10.6. The molecule has 2 aromatic carbocycles. The number of sulfone groups is 1. The van der Waals surface area contributed by atoms with Gasteiger partial charge in [-0.1, -0.05) is 17.7 Å². The molecule has 0 bridgehead atoms. The van der Waals surface area contributed by atoms with E-state index in [2.05, 4.69) is 0 Å². The van der Waals surface area contributed by atoms with Crippen LogP contribution in [0.2, 0.25) is 5.02 Å². The molecular formula is C14H11ClF3NO3S. The lowest BCUT2D eigenvalue weighted by Gasteiger charge is -2.11. The largest absolute Gasteiger partial charge is 0.456 e. The number of halogens is 4. The lowest BCUT2D eigenvalue weighted by molar-refractivity contribution is -0.106. The van der Waals surface area contributed by atoms with Gasteiger partial charge < -0.3 is 10.5 Å². The van der Waals surface area contributed by atoms with Gasteiger partial charge in [0.05, 0.1) is 9.92 Å². The lowest BCUT2D eigenvalue weighted by Crippen LogP contribution is -2.22. The Morgan fingerprint density at radius 2 is 1.83 bits per heavy atom. The molecule has 0 atom stereocenters. The Balaban J connectivity index is 2.30. The molecule has 0 spiro atoms. The van der Waals surface area contributed by atoms with Crippen LogP contribution in [0.4, 0.5) is 18.9 Å². The fourth-order valence-corrected chi connectivity index (χ4v) is 3.16.